The van der Waals surface area contributed by atoms with Gasteiger partial charge in [-0.2, -0.15) is 0 Å². The Bertz CT molecular complexity index is 92.7. The van der Waals surface area contributed by atoms with Crippen LogP contribution in [0.3, 0.4) is 0 Å². The lowest BCUT2D eigenvalue weighted by atomic mass is 10.4. The van der Waals surface area contributed by atoms with Crippen LogP contribution in [0.25, 0.3) is 0 Å². The Morgan fingerprint density at radius 3 is 2.11 bits per heavy atom. The molecule has 0 rings (SSSR count). The van der Waals surface area contributed by atoms with Crippen molar-refractivity contribution in [2.24, 2.45) is 0 Å². The SMILES string of the molecule is C=C.C=C(S)/C=C\CC. The Balaban J connectivity index is 0. The zero-order valence-corrected chi connectivity index (χ0v) is 6.82. The zero-order valence-electron chi connectivity index (χ0n) is 5.93. The van der Waals surface area contributed by atoms with Crippen LogP contribution in [0.4, 0.5) is 0 Å². The van der Waals surface area contributed by atoms with E-state index in [2.05, 4.69) is 39.3 Å². The molecule has 0 heterocycles. The van der Waals surface area contributed by atoms with Gasteiger partial charge in [-0.05, 0) is 11.3 Å². The Morgan fingerprint density at radius 2 is 2.00 bits per heavy atom. The van der Waals surface area contributed by atoms with Crippen LogP contribution in [-0.4, -0.2) is 0 Å². The van der Waals surface area contributed by atoms with E-state index in [-0.39, 0.29) is 0 Å². The molecule has 0 aliphatic rings. The van der Waals surface area contributed by atoms with Crippen molar-refractivity contribution < 1.29 is 0 Å². The van der Waals surface area contributed by atoms with Crippen molar-refractivity contribution in [3.05, 3.63) is 36.8 Å². The molecule has 1 heteroatoms. The minimum absolute atomic E-state index is 0.821. The molecule has 0 aromatic rings. The van der Waals surface area contributed by atoms with E-state index in [0.717, 1.165) is 11.3 Å². The van der Waals surface area contributed by atoms with Gasteiger partial charge in [0, 0.05) is 0 Å². The van der Waals surface area contributed by atoms with E-state index in [1.54, 1.807) is 0 Å². The summed E-state index contributed by atoms with van der Waals surface area (Å²) in [5.41, 5.74) is 0. The third-order valence-electron chi connectivity index (χ3n) is 0.546. The minimum Gasteiger partial charge on any atom is -0.144 e. The molecule has 0 atom stereocenters. The fourth-order valence-electron chi connectivity index (χ4n) is 0.254. The number of thiol groups is 1. The largest absolute Gasteiger partial charge is 0.144 e. The van der Waals surface area contributed by atoms with Gasteiger partial charge < -0.3 is 0 Å². The van der Waals surface area contributed by atoms with Gasteiger partial charge in [-0.15, -0.1) is 25.8 Å². The first-order valence-electron chi connectivity index (χ1n) is 2.81. The van der Waals surface area contributed by atoms with Gasteiger partial charge in [0.05, 0.1) is 0 Å². The van der Waals surface area contributed by atoms with Crippen molar-refractivity contribution in [3.8, 4) is 0 Å². The number of hydrogen-bond donors (Lipinski definition) is 1. The van der Waals surface area contributed by atoms with Gasteiger partial charge in [0.15, 0.2) is 0 Å². The minimum atomic E-state index is 0.821. The summed E-state index contributed by atoms with van der Waals surface area (Å²) in [7, 11) is 0. The van der Waals surface area contributed by atoms with E-state index in [9.17, 15) is 0 Å². The lowest BCUT2D eigenvalue weighted by Crippen LogP contribution is -1.54. The monoisotopic (exact) mass is 142 g/mol. The predicted octanol–water partition coefficient (Wildman–Crippen LogP) is 3.20. The van der Waals surface area contributed by atoms with Gasteiger partial charge in [0.25, 0.3) is 0 Å². The van der Waals surface area contributed by atoms with Crippen molar-refractivity contribution in [2.75, 3.05) is 0 Å². The van der Waals surface area contributed by atoms with Crippen LogP contribution in [0, 0.1) is 0 Å². The van der Waals surface area contributed by atoms with Crippen molar-refractivity contribution >= 4 is 12.6 Å². The van der Waals surface area contributed by atoms with Crippen LogP contribution < -0.4 is 0 Å². The molecular weight excluding hydrogens is 128 g/mol. The molecule has 0 radical (unpaired) electrons. The molecule has 0 aliphatic carbocycles. The van der Waals surface area contributed by atoms with Crippen LogP contribution in [0.5, 0.6) is 0 Å². The molecule has 0 N–H and O–H groups in total. The van der Waals surface area contributed by atoms with Crippen molar-refractivity contribution in [1.82, 2.24) is 0 Å². The molecule has 0 amide bonds. The Labute approximate surface area is 63.4 Å². The first-order valence-corrected chi connectivity index (χ1v) is 3.26. The molecule has 0 aliphatic heterocycles. The van der Waals surface area contributed by atoms with E-state index in [4.69, 9.17) is 0 Å². The average Bonchev–Trinajstić information content (AvgIpc) is 1.88. The van der Waals surface area contributed by atoms with Gasteiger partial charge in [0.1, 0.15) is 0 Å². The van der Waals surface area contributed by atoms with E-state index in [1.807, 2.05) is 12.2 Å². The van der Waals surface area contributed by atoms with Gasteiger partial charge in [-0.3, -0.25) is 0 Å². The molecule has 0 aromatic carbocycles. The molecule has 0 saturated heterocycles. The van der Waals surface area contributed by atoms with Crippen LogP contribution in [0.2, 0.25) is 0 Å². The lowest BCUT2D eigenvalue weighted by molar-refractivity contribution is 1.22. The summed E-state index contributed by atoms with van der Waals surface area (Å²) >= 11 is 3.95. The third-order valence-corrected chi connectivity index (χ3v) is 0.695. The zero-order chi connectivity index (χ0) is 7.70. The van der Waals surface area contributed by atoms with Crippen molar-refractivity contribution in [1.29, 1.82) is 0 Å². The Hall–Kier alpha value is -0.430. The summed E-state index contributed by atoms with van der Waals surface area (Å²) in [5, 5.41) is 0. The van der Waals surface area contributed by atoms with E-state index >= 15 is 0 Å². The highest BCUT2D eigenvalue weighted by Gasteiger charge is 1.68. The summed E-state index contributed by atoms with van der Waals surface area (Å²) in [5.74, 6) is 0. The molecule has 0 saturated carbocycles. The highest BCUT2D eigenvalue weighted by atomic mass is 32.1. The summed E-state index contributed by atoms with van der Waals surface area (Å²) in [6.07, 6.45) is 4.97. The molecule has 0 spiro atoms. The second-order valence-corrected chi connectivity index (χ2v) is 1.88. The summed E-state index contributed by atoms with van der Waals surface area (Å²) < 4.78 is 0. The second-order valence-electron chi connectivity index (χ2n) is 1.30. The molecule has 52 valence electrons. The second kappa shape index (κ2) is 10.5. The lowest BCUT2D eigenvalue weighted by Gasteiger charge is -1.78. The van der Waals surface area contributed by atoms with Gasteiger partial charge >= 0.3 is 0 Å². The first kappa shape index (κ1) is 11.4. The maximum Gasteiger partial charge on any atom is -0.00352 e. The van der Waals surface area contributed by atoms with Crippen LogP contribution in [0.1, 0.15) is 13.3 Å². The smallest absolute Gasteiger partial charge is 0.00352 e. The van der Waals surface area contributed by atoms with Crippen LogP contribution >= 0.6 is 12.6 Å². The number of hydrogen-bond acceptors (Lipinski definition) is 1. The molecule has 0 fully saturated rings. The highest BCUT2D eigenvalue weighted by Crippen LogP contribution is 1.96. The third kappa shape index (κ3) is 18.4. The summed E-state index contributed by atoms with van der Waals surface area (Å²) in [6.45, 7) is 11.6. The quantitative estimate of drug-likeness (QED) is 0.341. The number of allylic oxidation sites excluding steroid dienone is 2. The summed E-state index contributed by atoms with van der Waals surface area (Å²) in [4.78, 5) is 0.821. The molecule has 0 bridgehead atoms. The van der Waals surface area contributed by atoms with Gasteiger partial charge in [-0.1, -0.05) is 25.7 Å². The normalized spacial score (nSPS) is 8.22. The first-order chi connectivity index (χ1) is 4.27. The topological polar surface area (TPSA) is 0 Å². The van der Waals surface area contributed by atoms with Crippen molar-refractivity contribution in [3.63, 3.8) is 0 Å². The van der Waals surface area contributed by atoms with Gasteiger partial charge in [-0.25, -0.2) is 0 Å². The molecule has 0 nitrogen and oxygen atoms in total. The molecule has 0 unspecified atom stereocenters. The standard InChI is InChI=1S/C6H10S.C2H4/c1-3-4-5-6(2)7;1-2/h4-5,7H,2-3H2,1H3;1-2H2/b5-4-;. The fourth-order valence-corrected chi connectivity index (χ4v) is 0.359. The Morgan fingerprint density at radius 1 is 1.56 bits per heavy atom. The molecule has 0 aromatic heterocycles. The van der Waals surface area contributed by atoms with Crippen molar-refractivity contribution in [2.45, 2.75) is 13.3 Å². The molecule has 9 heavy (non-hydrogen) atoms. The average molecular weight is 142 g/mol. The molecular formula is C8H14S. The fraction of sp³-hybridized carbons (Fsp3) is 0.250. The maximum atomic E-state index is 3.95. The maximum absolute atomic E-state index is 3.95. The van der Waals surface area contributed by atoms with E-state index in [1.165, 1.54) is 0 Å². The predicted molar refractivity (Wildman–Crippen MR) is 48.8 cm³/mol. The van der Waals surface area contributed by atoms with Crippen LogP contribution in [0.15, 0.2) is 36.8 Å². The van der Waals surface area contributed by atoms with E-state index < -0.39 is 0 Å². The van der Waals surface area contributed by atoms with Crippen LogP contribution in [-0.2, 0) is 0 Å². The van der Waals surface area contributed by atoms with E-state index in [0.29, 0.717) is 0 Å². The van der Waals surface area contributed by atoms with Gasteiger partial charge in [0.2, 0.25) is 0 Å². The summed E-state index contributed by atoms with van der Waals surface area (Å²) in [6, 6.07) is 0. The number of rotatable bonds is 2. The highest BCUT2D eigenvalue weighted by molar-refractivity contribution is 7.84. The Kier molecular flexibility index (Phi) is 13.3.